The molecule has 1 rings (SSSR count). The predicted molar refractivity (Wildman–Crippen MR) is 64.5 cm³/mol. The molecule has 1 saturated heterocycles. The zero-order valence-electron chi connectivity index (χ0n) is 10.4. The Labute approximate surface area is 102 Å². The van der Waals surface area contributed by atoms with Crippen molar-refractivity contribution in [3.63, 3.8) is 0 Å². The minimum atomic E-state index is -0.803. The highest BCUT2D eigenvalue weighted by Crippen LogP contribution is 2.21. The molecule has 1 unspecified atom stereocenters. The van der Waals surface area contributed by atoms with E-state index in [9.17, 15) is 9.59 Å². The highest BCUT2D eigenvalue weighted by Gasteiger charge is 2.29. The second-order valence-corrected chi connectivity index (χ2v) is 4.63. The van der Waals surface area contributed by atoms with E-state index in [4.69, 9.17) is 10.8 Å². The fraction of sp³-hybridized carbons (Fsp3) is 0.833. The molecule has 0 bridgehead atoms. The van der Waals surface area contributed by atoms with Crippen LogP contribution in [0, 0.1) is 0 Å². The number of carboxylic acid groups (broad SMARTS) is 1. The van der Waals surface area contributed by atoms with Crippen molar-refractivity contribution in [2.75, 3.05) is 6.54 Å². The van der Waals surface area contributed by atoms with E-state index in [-0.39, 0.29) is 18.4 Å². The second kappa shape index (κ2) is 6.59. The van der Waals surface area contributed by atoms with Crippen molar-refractivity contribution in [1.82, 2.24) is 4.90 Å². The molecule has 0 spiro atoms. The van der Waals surface area contributed by atoms with Crippen molar-refractivity contribution in [2.45, 2.75) is 57.5 Å². The van der Waals surface area contributed by atoms with E-state index >= 15 is 0 Å². The topological polar surface area (TPSA) is 83.6 Å². The van der Waals surface area contributed by atoms with Gasteiger partial charge in [-0.3, -0.25) is 9.59 Å². The van der Waals surface area contributed by atoms with Gasteiger partial charge < -0.3 is 15.7 Å². The zero-order valence-corrected chi connectivity index (χ0v) is 10.4. The number of hydrogen-bond donors (Lipinski definition) is 2. The molecule has 0 saturated carbocycles. The first-order chi connectivity index (χ1) is 8.06. The fourth-order valence-electron chi connectivity index (χ4n) is 2.27. The standard InChI is InChI=1S/C12H22N2O3/c1-2-10(13)12(17)14-8-4-3-5-9(14)6-7-11(15)16/h9-10H,2-8,13H2,1H3,(H,15,16)/t9?,10-/m1/s1. The highest BCUT2D eigenvalue weighted by atomic mass is 16.4. The number of carbonyl (C=O) groups excluding carboxylic acids is 1. The molecular formula is C12H22N2O3. The molecule has 0 aromatic heterocycles. The van der Waals surface area contributed by atoms with Crippen LogP contribution in [0.4, 0.5) is 0 Å². The minimum absolute atomic E-state index is 0.0254. The maximum Gasteiger partial charge on any atom is 0.303 e. The van der Waals surface area contributed by atoms with Crippen LogP contribution in [0.3, 0.4) is 0 Å². The van der Waals surface area contributed by atoms with Crippen molar-refractivity contribution in [2.24, 2.45) is 5.73 Å². The van der Waals surface area contributed by atoms with Gasteiger partial charge in [-0.25, -0.2) is 0 Å². The van der Waals surface area contributed by atoms with Gasteiger partial charge in [0.25, 0.3) is 0 Å². The van der Waals surface area contributed by atoms with Crippen LogP contribution in [0.1, 0.15) is 45.4 Å². The Hall–Kier alpha value is -1.10. The minimum Gasteiger partial charge on any atom is -0.481 e. The maximum atomic E-state index is 12.0. The molecule has 0 radical (unpaired) electrons. The van der Waals surface area contributed by atoms with E-state index in [1.807, 2.05) is 6.92 Å². The second-order valence-electron chi connectivity index (χ2n) is 4.63. The summed E-state index contributed by atoms with van der Waals surface area (Å²) in [6.45, 7) is 2.61. The summed E-state index contributed by atoms with van der Waals surface area (Å²) in [5.74, 6) is -0.828. The number of likely N-dealkylation sites (tertiary alicyclic amines) is 1. The molecule has 1 heterocycles. The quantitative estimate of drug-likeness (QED) is 0.752. The van der Waals surface area contributed by atoms with Gasteiger partial charge in [-0.05, 0) is 32.1 Å². The Morgan fingerprint density at radius 1 is 1.47 bits per heavy atom. The SMILES string of the molecule is CC[C@@H](N)C(=O)N1CCCCC1CCC(=O)O. The van der Waals surface area contributed by atoms with Gasteiger partial charge in [-0.1, -0.05) is 6.92 Å². The Morgan fingerprint density at radius 3 is 2.76 bits per heavy atom. The molecule has 0 aromatic carbocycles. The first kappa shape index (κ1) is 14.0. The summed E-state index contributed by atoms with van der Waals surface area (Å²) in [5.41, 5.74) is 5.76. The lowest BCUT2D eigenvalue weighted by molar-refractivity contribution is -0.140. The number of nitrogens with two attached hydrogens (primary N) is 1. The van der Waals surface area contributed by atoms with Crippen LogP contribution < -0.4 is 5.73 Å². The summed E-state index contributed by atoms with van der Waals surface area (Å²) in [7, 11) is 0. The van der Waals surface area contributed by atoms with Crippen molar-refractivity contribution in [1.29, 1.82) is 0 Å². The van der Waals surface area contributed by atoms with E-state index in [0.717, 1.165) is 25.8 Å². The number of carbonyl (C=O) groups is 2. The van der Waals surface area contributed by atoms with E-state index in [1.165, 1.54) is 0 Å². The molecule has 5 heteroatoms. The van der Waals surface area contributed by atoms with Gasteiger partial charge in [0.2, 0.25) is 5.91 Å². The summed E-state index contributed by atoms with van der Waals surface area (Å²) in [4.78, 5) is 24.4. The number of amides is 1. The molecule has 2 atom stereocenters. The number of nitrogens with zero attached hydrogens (tertiary/aromatic N) is 1. The van der Waals surface area contributed by atoms with Crippen LogP contribution in [0.25, 0.3) is 0 Å². The molecule has 98 valence electrons. The van der Waals surface area contributed by atoms with Crippen LogP contribution in [0.2, 0.25) is 0 Å². The third kappa shape index (κ3) is 4.00. The fourth-order valence-corrected chi connectivity index (χ4v) is 2.27. The van der Waals surface area contributed by atoms with Gasteiger partial charge >= 0.3 is 5.97 Å². The third-order valence-electron chi connectivity index (χ3n) is 3.36. The van der Waals surface area contributed by atoms with E-state index in [1.54, 1.807) is 4.90 Å². The molecule has 0 aliphatic carbocycles. The van der Waals surface area contributed by atoms with Crippen molar-refractivity contribution < 1.29 is 14.7 Å². The molecule has 5 nitrogen and oxygen atoms in total. The molecular weight excluding hydrogens is 220 g/mol. The van der Waals surface area contributed by atoms with E-state index < -0.39 is 12.0 Å². The molecule has 1 fully saturated rings. The average molecular weight is 242 g/mol. The molecule has 1 aliphatic rings. The summed E-state index contributed by atoms with van der Waals surface area (Å²) in [5, 5.41) is 8.70. The lowest BCUT2D eigenvalue weighted by Gasteiger charge is -2.37. The molecule has 17 heavy (non-hydrogen) atoms. The molecule has 3 N–H and O–H groups in total. The molecule has 0 aromatic rings. The van der Waals surface area contributed by atoms with Crippen LogP contribution in [-0.4, -0.2) is 40.5 Å². The van der Waals surface area contributed by atoms with Gasteiger partial charge in [-0.2, -0.15) is 0 Å². The van der Waals surface area contributed by atoms with Crippen molar-refractivity contribution in [3.05, 3.63) is 0 Å². The van der Waals surface area contributed by atoms with Gasteiger partial charge in [0.1, 0.15) is 0 Å². The normalized spacial score (nSPS) is 22.2. The number of aliphatic carboxylic acids is 1. The summed E-state index contributed by atoms with van der Waals surface area (Å²) >= 11 is 0. The molecule has 1 aliphatic heterocycles. The Kier molecular flexibility index (Phi) is 5.41. The summed E-state index contributed by atoms with van der Waals surface area (Å²) in [6, 6.07) is -0.384. The number of carboxylic acids is 1. The molecule has 1 amide bonds. The highest BCUT2D eigenvalue weighted by molar-refractivity contribution is 5.82. The predicted octanol–water partition coefficient (Wildman–Crippen LogP) is 0.970. The first-order valence-corrected chi connectivity index (χ1v) is 6.34. The smallest absolute Gasteiger partial charge is 0.303 e. The third-order valence-corrected chi connectivity index (χ3v) is 3.36. The van der Waals surface area contributed by atoms with E-state index in [0.29, 0.717) is 12.8 Å². The lowest BCUT2D eigenvalue weighted by atomic mass is 9.97. The summed E-state index contributed by atoms with van der Waals surface area (Å²) in [6.07, 6.45) is 4.24. The Balaban J connectivity index is 2.58. The van der Waals surface area contributed by atoms with Gasteiger partial charge in [0.15, 0.2) is 0 Å². The number of piperidine rings is 1. The Bertz CT molecular complexity index is 281. The summed E-state index contributed by atoms with van der Waals surface area (Å²) < 4.78 is 0. The average Bonchev–Trinajstić information content (AvgIpc) is 2.34. The van der Waals surface area contributed by atoms with Crippen LogP contribution in [-0.2, 0) is 9.59 Å². The van der Waals surface area contributed by atoms with Crippen molar-refractivity contribution in [3.8, 4) is 0 Å². The zero-order chi connectivity index (χ0) is 12.8. The van der Waals surface area contributed by atoms with Gasteiger partial charge in [0, 0.05) is 19.0 Å². The number of rotatable bonds is 5. The Morgan fingerprint density at radius 2 is 2.18 bits per heavy atom. The van der Waals surface area contributed by atoms with Gasteiger partial charge in [0.05, 0.1) is 6.04 Å². The van der Waals surface area contributed by atoms with E-state index in [2.05, 4.69) is 0 Å². The van der Waals surface area contributed by atoms with Crippen LogP contribution in [0.5, 0.6) is 0 Å². The first-order valence-electron chi connectivity index (χ1n) is 6.34. The van der Waals surface area contributed by atoms with Crippen molar-refractivity contribution >= 4 is 11.9 Å². The van der Waals surface area contributed by atoms with Crippen LogP contribution >= 0.6 is 0 Å². The largest absolute Gasteiger partial charge is 0.481 e. The maximum absolute atomic E-state index is 12.0. The van der Waals surface area contributed by atoms with Crippen LogP contribution in [0.15, 0.2) is 0 Å². The monoisotopic (exact) mass is 242 g/mol. The number of hydrogen-bond acceptors (Lipinski definition) is 3. The van der Waals surface area contributed by atoms with Gasteiger partial charge in [-0.15, -0.1) is 0 Å². The lowest BCUT2D eigenvalue weighted by Crippen LogP contribution is -2.50.